The van der Waals surface area contributed by atoms with Crippen LogP contribution < -0.4 is 0 Å². The van der Waals surface area contributed by atoms with Gasteiger partial charge in [-0.15, -0.1) is 0 Å². The summed E-state index contributed by atoms with van der Waals surface area (Å²) in [5, 5.41) is 5.10. The summed E-state index contributed by atoms with van der Waals surface area (Å²) in [5.74, 6) is 3.23. The van der Waals surface area contributed by atoms with Crippen molar-refractivity contribution in [2.75, 3.05) is 0 Å². The Morgan fingerprint density at radius 3 is 1.92 bits per heavy atom. The molecule has 2 heteroatoms. The first-order chi connectivity index (χ1) is 29.1. The van der Waals surface area contributed by atoms with Crippen LogP contribution in [0.1, 0.15) is 61.3 Å². The van der Waals surface area contributed by atoms with Crippen molar-refractivity contribution in [3.05, 3.63) is 193 Å². The number of para-hydroxylation sites is 2. The molecule has 0 aliphatic heterocycles. The summed E-state index contributed by atoms with van der Waals surface area (Å²) in [4.78, 5) is 10.7. The number of fused-ring (bicyclic) bond motifs is 7. The minimum atomic E-state index is 0.0955. The van der Waals surface area contributed by atoms with Gasteiger partial charge in [0.1, 0.15) is 0 Å². The molecule has 59 heavy (non-hydrogen) atoms. The lowest BCUT2D eigenvalue weighted by Gasteiger charge is -2.61. The molecule has 284 valence electrons. The summed E-state index contributed by atoms with van der Waals surface area (Å²) in [6.07, 6.45) is 13.6. The Bertz CT molecular complexity index is 3070. The number of rotatable bonds is 6. The van der Waals surface area contributed by atoms with E-state index in [9.17, 15) is 0 Å². The Balaban J connectivity index is 0.950. The second-order valence-corrected chi connectivity index (χ2v) is 17.7. The molecule has 0 saturated heterocycles. The standard InChI is InChI=1S/C57H46N2/c1-3-38(44-16-8-9-19-47(44)55-56(59-53-22-11-10-21-52(53)58-55)48-20-12-15-39-13-4-6-17-45(39)48)24-23-35(2)41-25-27-49-51(34-41)57(42-30-36-29-37(32-42)33-43(57)31-36)50-28-26-40-14-5-7-18-46(40)54(49)50/h3-28,34,36-37,42-43H,2,29-33H2,1H3/b24-23-,38-3+. The second kappa shape index (κ2) is 13.3. The van der Waals surface area contributed by atoms with Crippen LogP contribution in [0.25, 0.3) is 77.4 Å². The largest absolute Gasteiger partial charge is 0.244 e. The summed E-state index contributed by atoms with van der Waals surface area (Å²) in [6, 6.07) is 53.2. The van der Waals surface area contributed by atoms with E-state index in [1.54, 1.807) is 11.1 Å². The molecule has 4 bridgehead atoms. The number of aromatic nitrogens is 2. The molecule has 13 rings (SSSR count). The van der Waals surface area contributed by atoms with Crippen molar-refractivity contribution >= 4 is 43.7 Å². The highest BCUT2D eigenvalue weighted by molar-refractivity contribution is 6.04. The molecule has 0 atom stereocenters. The van der Waals surface area contributed by atoms with Crippen LogP contribution in [0, 0.1) is 23.7 Å². The fourth-order valence-corrected chi connectivity index (χ4v) is 12.5. The third kappa shape index (κ3) is 5.18. The molecule has 5 aliphatic rings. The highest BCUT2D eigenvalue weighted by Crippen LogP contribution is 2.70. The first-order valence-electron chi connectivity index (χ1n) is 21.6. The fraction of sp³-hybridized carbons (Fsp3) is 0.193. The van der Waals surface area contributed by atoms with Gasteiger partial charge in [0, 0.05) is 16.5 Å². The van der Waals surface area contributed by atoms with Crippen molar-refractivity contribution in [1.29, 1.82) is 0 Å². The SMILES string of the molecule is C=C(/C=C\C(=C/C)c1ccccc1-c1nc2ccccc2nc1-c1cccc2ccccc12)c1ccc2c(c1)C1(c3ccc4ccccc4c3-2)C2CC3CC(C2)CC1C3. The predicted octanol–water partition coefficient (Wildman–Crippen LogP) is 14.7. The lowest BCUT2D eigenvalue weighted by atomic mass is 9.43. The Morgan fingerprint density at radius 1 is 0.559 bits per heavy atom. The molecule has 1 spiro atoms. The van der Waals surface area contributed by atoms with Crippen LogP contribution >= 0.6 is 0 Å². The third-order valence-corrected chi connectivity index (χ3v) is 14.8. The maximum absolute atomic E-state index is 5.36. The van der Waals surface area contributed by atoms with Crippen LogP contribution in [0.3, 0.4) is 0 Å². The van der Waals surface area contributed by atoms with Crippen molar-refractivity contribution in [3.63, 3.8) is 0 Å². The van der Waals surface area contributed by atoms with E-state index >= 15 is 0 Å². The van der Waals surface area contributed by atoms with Crippen molar-refractivity contribution in [3.8, 4) is 33.6 Å². The third-order valence-electron chi connectivity index (χ3n) is 14.8. The summed E-state index contributed by atoms with van der Waals surface area (Å²) >= 11 is 0. The molecule has 5 aliphatic carbocycles. The zero-order chi connectivity index (χ0) is 39.2. The van der Waals surface area contributed by atoms with Gasteiger partial charge in [0.25, 0.3) is 0 Å². The van der Waals surface area contributed by atoms with Gasteiger partial charge in [0.15, 0.2) is 0 Å². The molecule has 4 saturated carbocycles. The van der Waals surface area contributed by atoms with Gasteiger partial charge in [0.2, 0.25) is 0 Å². The highest BCUT2D eigenvalue weighted by Gasteiger charge is 2.61. The van der Waals surface area contributed by atoms with Crippen LogP contribution in [0.5, 0.6) is 0 Å². The van der Waals surface area contributed by atoms with Crippen LogP contribution in [0.2, 0.25) is 0 Å². The van der Waals surface area contributed by atoms with Crippen LogP contribution in [0.4, 0.5) is 0 Å². The second-order valence-electron chi connectivity index (χ2n) is 17.7. The summed E-state index contributed by atoms with van der Waals surface area (Å²) < 4.78 is 0. The Kier molecular flexibility index (Phi) is 7.83. The minimum absolute atomic E-state index is 0.0955. The number of nitrogens with zero attached hydrogens (tertiary/aromatic N) is 2. The van der Waals surface area contributed by atoms with Crippen molar-refractivity contribution in [2.24, 2.45) is 23.7 Å². The maximum Gasteiger partial charge on any atom is 0.0979 e. The molecule has 8 aromatic rings. The fourth-order valence-electron chi connectivity index (χ4n) is 12.5. The molecule has 2 nitrogen and oxygen atoms in total. The van der Waals surface area contributed by atoms with Gasteiger partial charge in [-0.1, -0.05) is 152 Å². The first kappa shape index (κ1) is 34.6. The number of hydrogen-bond donors (Lipinski definition) is 0. The lowest BCUT2D eigenvalue weighted by molar-refractivity contribution is -0.0399. The molecular weight excluding hydrogens is 713 g/mol. The number of benzene rings is 7. The maximum atomic E-state index is 5.36. The van der Waals surface area contributed by atoms with E-state index < -0.39 is 0 Å². The lowest BCUT2D eigenvalue weighted by Crippen LogP contribution is -2.55. The normalized spacial score (nSPS) is 22.8. The summed E-state index contributed by atoms with van der Waals surface area (Å²) in [5.41, 5.74) is 16.4. The summed E-state index contributed by atoms with van der Waals surface area (Å²) in [7, 11) is 0. The number of hydrogen-bond acceptors (Lipinski definition) is 2. The van der Waals surface area contributed by atoms with Crippen molar-refractivity contribution in [2.45, 2.75) is 44.4 Å². The van der Waals surface area contributed by atoms with Gasteiger partial charge >= 0.3 is 0 Å². The van der Waals surface area contributed by atoms with E-state index in [1.165, 1.54) is 70.3 Å². The molecular formula is C57H46N2. The van der Waals surface area contributed by atoms with Crippen LogP contribution in [-0.2, 0) is 5.41 Å². The molecule has 0 unspecified atom stereocenters. The van der Waals surface area contributed by atoms with E-state index in [0.717, 1.165) is 62.1 Å². The predicted molar refractivity (Wildman–Crippen MR) is 247 cm³/mol. The monoisotopic (exact) mass is 758 g/mol. The Labute approximate surface area is 346 Å². The number of allylic oxidation sites excluding steroid dienone is 5. The molecule has 0 radical (unpaired) electrons. The molecule has 1 aromatic heterocycles. The first-order valence-corrected chi connectivity index (χ1v) is 21.6. The van der Waals surface area contributed by atoms with E-state index in [2.05, 4.69) is 159 Å². The van der Waals surface area contributed by atoms with Gasteiger partial charge in [-0.3, -0.25) is 0 Å². The van der Waals surface area contributed by atoms with Crippen molar-refractivity contribution in [1.82, 2.24) is 9.97 Å². The molecule has 7 aromatic carbocycles. The van der Waals surface area contributed by atoms with Gasteiger partial charge < -0.3 is 0 Å². The topological polar surface area (TPSA) is 25.8 Å². The zero-order valence-electron chi connectivity index (χ0n) is 33.5. The Morgan fingerprint density at radius 2 is 1.17 bits per heavy atom. The van der Waals surface area contributed by atoms with Gasteiger partial charge in [0.05, 0.1) is 22.4 Å². The molecule has 0 N–H and O–H groups in total. The van der Waals surface area contributed by atoms with Crippen molar-refractivity contribution < 1.29 is 0 Å². The molecule has 1 heterocycles. The van der Waals surface area contributed by atoms with Crippen LogP contribution in [-0.4, -0.2) is 9.97 Å². The van der Waals surface area contributed by atoms with E-state index in [4.69, 9.17) is 16.5 Å². The van der Waals surface area contributed by atoms with Crippen LogP contribution in [0.15, 0.2) is 170 Å². The molecule has 4 fully saturated rings. The highest BCUT2D eigenvalue weighted by atomic mass is 14.8. The molecule has 0 amide bonds. The van der Waals surface area contributed by atoms with E-state index in [1.807, 2.05) is 12.1 Å². The quantitative estimate of drug-likeness (QED) is 0.158. The van der Waals surface area contributed by atoms with Gasteiger partial charge in [-0.25, -0.2) is 9.97 Å². The van der Waals surface area contributed by atoms with E-state index in [-0.39, 0.29) is 5.41 Å². The van der Waals surface area contributed by atoms with E-state index in [0.29, 0.717) is 11.8 Å². The van der Waals surface area contributed by atoms with Gasteiger partial charge in [-0.2, -0.15) is 0 Å². The smallest absolute Gasteiger partial charge is 0.0979 e. The summed E-state index contributed by atoms with van der Waals surface area (Å²) in [6.45, 7) is 6.86. The average molecular weight is 759 g/mol. The zero-order valence-corrected chi connectivity index (χ0v) is 33.5. The van der Waals surface area contributed by atoms with Gasteiger partial charge in [-0.05, 0) is 147 Å². The minimum Gasteiger partial charge on any atom is -0.244 e. The average Bonchev–Trinajstić information content (AvgIpc) is 3.58. The Hall–Kier alpha value is -6.38.